The van der Waals surface area contributed by atoms with E-state index in [4.69, 9.17) is 9.47 Å². The molecular weight excluding hydrogens is 440 g/mol. The number of benzene rings is 2. The summed E-state index contributed by atoms with van der Waals surface area (Å²) in [5.74, 6) is 0.663. The van der Waals surface area contributed by atoms with Crippen LogP contribution >= 0.6 is 0 Å². The first kappa shape index (κ1) is 23.7. The molecule has 7 nitrogen and oxygen atoms in total. The summed E-state index contributed by atoms with van der Waals surface area (Å²) in [5, 5.41) is 0. The third kappa shape index (κ3) is 5.08. The van der Waals surface area contributed by atoms with Gasteiger partial charge in [0.05, 0.1) is 31.3 Å². The number of likely N-dealkylation sites (tertiary alicyclic amines) is 1. The van der Waals surface area contributed by atoms with Gasteiger partial charge >= 0.3 is 0 Å². The van der Waals surface area contributed by atoms with Crippen molar-refractivity contribution in [1.29, 1.82) is 0 Å². The first-order valence-corrected chi connectivity index (χ1v) is 13.0. The Hall–Kier alpha value is -2.42. The number of rotatable bonds is 5. The fourth-order valence-electron chi connectivity index (χ4n) is 4.61. The van der Waals surface area contributed by atoms with Gasteiger partial charge in [-0.3, -0.25) is 4.79 Å². The molecule has 1 amide bonds. The van der Waals surface area contributed by atoms with Crippen LogP contribution in [0.2, 0.25) is 0 Å². The number of carbonyl (C=O) groups is 1. The Balaban J connectivity index is 1.66. The molecule has 8 heteroatoms. The summed E-state index contributed by atoms with van der Waals surface area (Å²) < 4.78 is 38.4. The number of nitrogens with zero attached hydrogens (tertiary/aromatic N) is 2. The molecule has 2 aromatic rings. The van der Waals surface area contributed by atoms with E-state index in [0.717, 1.165) is 42.6 Å². The Kier molecular flexibility index (Phi) is 7.36. The minimum Gasteiger partial charge on any atom is -0.497 e. The first-order valence-electron chi connectivity index (χ1n) is 11.6. The van der Waals surface area contributed by atoms with E-state index in [2.05, 4.69) is 0 Å². The van der Waals surface area contributed by atoms with Crippen LogP contribution in [-0.4, -0.2) is 63.5 Å². The topological polar surface area (TPSA) is 76.2 Å². The maximum atomic E-state index is 13.8. The van der Waals surface area contributed by atoms with Crippen molar-refractivity contribution in [3.63, 3.8) is 0 Å². The second-order valence-corrected chi connectivity index (χ2v) is 10.6. The van der Waals surface area contributed by atoms with Gasteiger partial charge in [-0.2, -0.15) is 4.31 Å². The highest BCUT2D eigenvalue weighted by atomic mass is 32.2. The number of aryl methyl sites for hydroxylation is 1. The molecule has 1 atom stereocenters. The van der Waals surface area contributed by atoms with Crippen molar-refractivity contribution in [2.24, 2.45) is 0 Å². The van der Waals surface area contributed by atoms with Gasteiger partial charge in [-0.05, 0) is 55.2 Å². The lowest BCUT2D eigenvalue weighted by Gasteiger charge is -2.31. The Morgan fingerprint density at radius 2 is 1.73 bits per heavy atom. The molecule has 0 bridgehead atoms. The van der Waals surface area contributed by atoms with Crippen LogP contribution in [0.3, 0.4) is 0 Å². The van der Waals surface area contributed by atoms with E-state index in [1.807, 2.05) is 36.1 Å². The third-order valence-corrected chi connectivity index (χ3v) is 8.46. The van der Waals surface area contributed by atoms with Crippen molar-refractivity contribution >= 4 is 15.9 Å². The predicted octanol–water partition coefficient (Wildman–Crippen LogP) is 3.78. The first-order chi connectivity index (χ1) is 15.9. The normalized spacial score (nSPS) is 20.3. The van der Waals surface area contributed by atoms with Crippen LogP contribution in [0.1, 0.15) is 53.2 Å². The summed E-state index contributed by atoms with van der Waals surface area (Å²) in [7, 11) is -2.04. The zero-order valence-corrected chi connectivity index (χ0v) is 20.1. The molecule has 4 rings (SSSR count). The summed E-state index contributed by atoms with van der Waals surface area (Å²) in [6, 6.07) is 12.7. The van der Waals surface area contributed by atoms with Crippen LogP contribution in [-0.2, 0) is 14.8 Å². The Morgan fingerprint density at radius 3 is 2.42 bits per heavy atom. The molecule has 2 heterocycles. The van der Waals surface area contributed by atoms with Crippen LogP contribution in [0, 0.1) is 6.92 Å². The monoisotopic (exact) mass is 472 g/mol. The minimum absolute atomic E-state index is 0.0511. The predicted molar refractivity (Wildman–Crippen MR) is 126 cm³/mol. The van der Waals surface area contributed by atoms with Gasteiger partial charge in [0.2, 0.25) is 10.0 Å². The van der Waals surface area contributed by atoms with Gasteiger partial charge in [-0.25, -0.2) is 8.42 Å². The highest BCUT2D eigenvalue weighted by molar-refractivity contribution is 7.89. The van der Waals surface area contributed by atoms with Crippen LogP contribution in [0.5, 0.6) is 5.75 Å². The molecule has 2 aliphatic rings. The molecule has 0 spiro atoms. The summed E-state index contributed by atoms with van der Waals surface area (Å²) in [5.41, 5.74) is 2.30. The molecule has 2 aromatic carbocycles. The van der Waals surface area contributed by atoms with Gasteiger partial charge in [0, 0.05) is 25.2 Å². The van der Waals surface area contributed by atoms with Gasteiger partial charge in [-0.1, -0.05) is 31.0 Å². The summed E-state index contributed by atoms with van der Waals surface area (Å²) >= 11 is 0. The van der Waals surface area contributed by atoms with E-state index in [1.54, 1.807) is 25.3 Å². The average Bonchev–Trinajstić information content (AvgIpc) is 3.10. The average molecular weight is 473 g/mol. The quantitative estimate of drug-likeness (QED) is 0.662. The third-order valence-electron chi connectivity index (χ3n) is 6.56. The Bertz CT molecular complexity index is 1080. The number of ether oxygens (including phenoxy) is 2. The van der Waals surface area contributed by atoms with Gasteiger partial charge in [0.15, 0.2) is 0 Å². The van der Waals surface area contributed by atoms with Crippen molar-refractivity contribution in [1.82, 2.24) is 9.21 Å². The van der Waals surface area contributed by atoms with Crippen LogP contribution in [0.15, 0.2) is 47.4 Å². The van der Waals surface area contributed by atoms with Crippen LogP contribution in [0.25, 0.3) is 0 Å². The van der Waals surface area contributed by atoms with Crippen molar-refractivity contribution < 1.29 is 22.7 Å². The van der Waals surface area contributed by atoms with Crippen LogP contribution in [0.4, 0.5) is 0 Å². The maximum absolute atomic E-state index is 13.8. The highest BCUT2D eigenvalue weighted by Crippen LogP contribution is 2.33. The van der Waals surface area contributed by atoms with Crippen molar-refractivity contribution in [2.45, 2.75) is 43.5 Å². The van der Waals surface area contributed by atoms with Crippen molar-refractivity contribution in [3.8, 4) is 5.75 Å². The van der Waals surface area contributed by atoms with E-state index >= 15 is 0 Å². The largest absolute Gasteiger partial charge is 0.497 e. The lowest BCUT2D eigenvalue weighted by atomic mass is 9.99. The van der Waals surface area contributed by atoms with Gasteiger partial charge in [0.1, 0.15) is 5.75 Å². The smallest absolute Gasteiger partial charge is 0.254 e. The number of methoxy groups -OCH3 is 1. The van der Waals surface area contributed by atoms with E-state index in [9.17, 15) is 13.2 Å². The number of hydrogen-bond donors (Lipinski definition) is 0. The number of carbonyl (C=O) groups excluding carboxylic acids is 1. The second kappa shape index (κ2) is 10.2. The van der Waals surface area contributed by atoms with Crippen molar-refractivity contribution in [3.05, 3.63) is 59.2 Å². The molecule has 33 heavy (non-hydrogen) atoms. The lowest BCUT2D eigenvalue weighted by Crippen LogP contribution is -2.40. The Morgan fingerprint density at radius 1 is 1.00 bits per heavy atom. The van der Waals surface area contributed by atoms with Gasteiger partial charge < -0.3 is 14.4 Å². The molecule has 178 valence electrons. The highest BCUT2D eigenvalue weighted by Gasteiger charge is 2.31. The molecule has 2 fully saturated rings. The molecule has 0 saturated carbocycles. The number of sulfonamides is 1. The van der Waals surface area contributed by atoms with Crippen molar-refractivity contribution in [2.75, 3.05) is 40.0 Å². The summed E-state index contributed by atoms with van der Waals surface area (Å²) in [4.78, 5) is 15.9. The molecule has 0 N–H and O–H groups in total. The Labute approximate surface area is 196 Å². The fraction of sp³-hybridized carbons (Fsp3) is 0.480. The molecule has 0 aliphatic carbocycles. The second-order valence-electron chi connectivity index (χ2n) is 8.63. The van der Waals surface area contributed by atoms with E-state index in [-0.39, 0.29) is 16.8 Å². The fourth-order valence-corrected chi connectivity index (χ4v) is 6.04. The molecule has 2 saturated heterocycles. The number of morpholine rings is 1. The van der Waals surface area contributed by atoms with Gasteiger partial charge in [0.25, 0.3) is 5.91 Å². The van der Waals surface area contributed by atoms with E-state index in [1.165, 1.54) is 4.31 Å². The minimum atomic E-state index is -3.68. The zero-order chi connectivity index (χ0) is 23.4. The number of amides is 1. The summed E-state index contributed by atoms with van der Waals surface area (Å²) in [6.07, 6.45) is 3.93. The molecule has 0 radical (unpaired) electrons. The molecule has 0 aromatic heterocycles. The SMILES string of the molecule is COc1ccc([C@H]2CCCCCN2C(=O)c2cc(S(=O)(=O)N3CCOCC3)ccc2C)cc1. The summed E-state index contributed by atoms with van der Waals surface area (Å²) in [6.45, 7) is 3.92. The van der Waals surface area contributed by atoms with E-state index < -0.39 is 10.0 Å². The maximum Gasteiger partial charge on any atom is 0.254 e. The van der Waals surface area contributed by atoms with Crippen LogP contribution < -0.4 is 4.74 Å². The number of hydrogen-bond acceptors (Lipinski definition) is 5. The molecule has 0 unspecified atom stereocenters. The van der Waals surface area contributed by atoms with Gasteiger partial charge in [-0.15, -0.1) is 0 Å². The molecule has 2 aliphatic heterocycles. The van der Waals surface area contributed by atoms with E-state index in [0.29, 0.717) is 38.4 Å². The lowest BCUT2D eigenvalue weighted by molar-refractivity contribution is 0.0679. The molecular formula is C25H32N2O5S. The standard InChI is InChI=1S/C25H32N2O5S/c1-19-7-12-22(33(29,30)26-14-16-32-17-15-26)18-23(19)25(28)27-13-5-3-4-6-24(27)20-8-10-21(31-2)11-9-20/h7-12,18,24H,3-6,13-17H2,1-2H3/t24-/m1/s1. The zero-order valence-electron chi connectivity index (χ0n) is 19.3.